The molecule has 0 aliphatic carbocycles. The Labute approximate surface area is 336 Å². The van der Waals surface area contributed by atoms with Crippen molar-refractivity contribution in [1.82, 2.24) is 0 Å². The minimum atomic E-state index is -1.10. The Morgan fingerprint density at radius 1 is 0.314 bits per heavy atom. The van der Waals surface area contributed by atoms with Gasteiger partial charge in [-0.3, -0.25) is 0 Å². The lowest BCUT2D eigenvalue weighted by Crippen LogP contribution is -1.94. The van der Waals surface area contributed by atoms with E-state index in [4.69, 9.17) is 31.8 Å². The predicted octanol–water partition coefficient (Wildman–Crippen LogP) is 14.4. The van der Waals surface area contributed by atoms with Gasteiger partial charge >= 0.3 is 0 Å². The van der Waals surface area contributed by atoms with Crippen LogP contribution < -0.4 is 0 Å². The first-order chi connectivity index (χ1) is 37.8. The van der Waals surface area contributed by atoms with Crippen LogP contribution in [0.1, 0.15) is 41.1 Å². The number of fused-ring (bicyclic) bond motifs is 9. The van der Waals surface area contributed by atoms with E-state index in [0.717, 1.165) is 0 Å². The lowest BCUT2D eigenvalue weighted by atomic mass is 9.82. The molecule has 0 unspecified atom stereocenters. The van der Waals surface area contributed by atoms with Crippen LogP contribution >= 0.6 is 0 Å². The minimum Gasteiger partial charge on any atom is -0.456 e. The van der Waals surface area contributed by atoms with E-state index in [-0.39, 0.29) is 0 Å². The summed E-state index contributed by atoms with van der Waals surface area (Å²) in [5.74, 6) is 0. The Hall–Kier alpha value is -6.70. The van der Waals surface area contributed by atoms with Crippen molar-refractivity contribution in [3.05, 3.63) is 181 Å². The van der Waals surface area contributed by atoms with Crippen LogP contribution in [0.3, 0.4) is 0 Å². The molecule has 236 valence electrons. The molecule has 11 aromatic rings. The van der Waals surface area contributed by atoms with Crippen LogP contribution in [-0.2, 0) is 0 Å². The van der Waals surface area contributed by atoms with Crippen LogP contribution in [0.15, 0.2) is 186 Å². The molecule has 0 N–H and O–H groups in total. The number of hydrogen-bond donors (Lipinski definition) is 0. The van der Waals surface area contributed by atoms with Crippen molar-refractivity contribution in [2.24, 2.45) is 0 Å². The van der Waals surface area contributed by atoms with Crippen LogP contribution in [0.5, 0.6) is 0 Å². The van der Waals surface area contributed by atoms with Crippen molar-refractivity contribution in [2.45, 2.75) is 0 Å². The normalized spacial score (nSPS) is 20.2. The van der Waals surface area contributed by atoms with Gasteiger partial charge in [-0.05, 0) is 117 Å². The van der Waals surface area contributed by atoms with Gasteiger partial charge in [0.25, 0.3) is 0 Å². The first-order valence-corrected chi connectivity index (χ1v) is 15.2. The molecule has 0 saturated carbocycles. The number of furan rings is 1. The molecule has 1 aromatic heterocycles. The molecular formula is C50H30O. The second-order valence-corrected chi connectivity index (χ2v) is 11.3. The highest BCUT2D eigenvalue weighted by Crippen LogP contribution is 2.48. The zero-order chi connectivity index (χ0) is 59.6. The summed E-state index contributed by atoms with van der Waals surface area (Å²) in [6, 6.07) is -28.9. The Kier molecular flexibility index (Phi) is 2.50. The molecule has 0 aliphatic heterocycles. The zero-order valence-corrected chi connectivity index (χ0v) is 25.4. The molecule has 1 heterocycles. The molecule has 0 bridgehead atoms. The highest BCUT2D eigenvalue weighted by Gasteiger charge is 2.21. The van der Waals surface area contributed by atoms with E-state index < -0.39 is 290 Å². The molecule has 11 rings (SSSR count). The number of benzene rings is 10. The molecule has 0 fully saturated rings. The van der Waals surface area contributed by atoms with E-state index in [0.29, 0.717) is 0 Å². The van der Waals surface area contributed by atoms with E-state index in [9.17, 15) is 13.7 Å². The molecule has 51 heavy (non-hydrogen) atoms. The fraction of sp³-hybridized carbons (Fsp3) is 0. The SMILES string of the molecule is [2H]c1c([2H])c([2H])c2c([2H])c(-c3c4c([2H])c([2H])c([2H])c([2H])c4c(-c4c([2H])c([2H])c([2H])c5c([2H])c([2H])c([2H])c([2H])c45)c4c([2H])c([2H])c([2H])c([2H])c34)c(-c3c([2H])c([2H])c4c(oc5c([2H])c([2H])c6c([2H])c([2H])c([2H])c([2H])c6c54)c3[2H])c([2H])c2c1[2H]. The van der Waals surface area contributed by atoms with Crippen LogP contribution in [0, 0.1) is 0 Å². The van der Waals surface area contributed by atoms with Gasteiger partial charge in [0, 0.05) is 10.8 Å². The Morgan fingerprint density at radius 2 is 0.824 bits per heavy atom. The lowest BCUT2D eigenvalue weighted by molar-refractivity contribution is 0.669. The number of hydrogen-bond acceptors (Lipinski definition) is 1. The molecule has 0 saturated heterocycles. The third-order valence-electron chi connectivity index (χ3n) is 8.57. The van der Waals surface area contributed by atoms with Crippen LogP contribution in [0.4, 0.5) is 0 Å². The molecular weight excluding hydrogens is 617 g/mol. The van der Waals surface area contributed by atoms with Gasteiger partial charge in [-0.15, -0.1) is 0 Å². The van der Waals surface area contributed by atoms with Gasteiger partial charge in [-0.1, -0.05) is 151 Å². The first kappa shape index (κ1) is 11.7. The van der Waals surface area contributed by atoms with Crippen molar-refractivity contribution in [3.8, 4) is 33.4 Å². The van der Waals surface area contributed by atoms with Gasteiger partial charge in [-0.25, -0.2) is 0 Å². The summed E-state index contributed by atoms with van der Waals surface area (Å²) in [6.07, 6.45) is 0. The molecule has 0 aliphatic rings. The number of rotatable bonds is 3. The summed E-state index contributed by atoms with van der Waals surface area (Å²) in [7, 11) is 0. The molecule has 0 atom stereocenters. The topological polar surface area (TPSA) is 13.1 Å². The summed E-state index contributed by atoms with van der Waals surface area (Å²) in [5.41, 5.74) is -6.53. The zero-order valence-electron chi connectivity index (χ0n) is 55.4. The standard InChI is InChI=1S/C50H30O/c1-2-15-34-29-45(44(28-33(34)14-1)35-24-26-43-47(30-35)51-46-27-25-32-13-4-6-18-37(32)50(43)46)49-41-21-9-7-19-39(41)48(40-20-8-10-22-42(40)49)38-23-11-16-31-12-3-5-17-36(31)38/h1-30H/i1D,2D,3D,4D,5D,6D,7D,8D,9D,10D,11D,12D,13D,14D,15D,16D,17D,18D,19D,20D,21D,22D,23D,24D,25D,26D,27D,28D,29D,30D. The third kappa shape index (κ3) is 4.22. The highest BCUT2D eigenvalue weighted by molar-refractivity contribution is 6.25. The van der Waals surface area contributed by atoms with Crippen LogP contribution in [-0.4, -0.2) is 0 Å². The maximum absolute atomic E-state index is 10.1. The van der Waals surface area contributed by atoms with Gasteiger partial charge < -0.3 is 4.42 Å². The van der Waals surface area contributed by atoms with Crippen LogP contribution in [0.2, 0.25) is 0 Å². The van der Waals surface area contributed by atoms with Gasteiger partial charge in [0.1, 0.15) is 11.2 Å². The Balaban J connectivity index is 1.49. The molecule has 0 radical (unpaired) electrons. The second kappa shape index (κ2) is 10.9. The van der Waals surface area contributed by atoms with Crippen molar-refractivity contribution in [2.75, 3.05) is 0 Å². The second-order valence-electron chi connectivity index (χ2n) is 11.3. The van der Waals surface area contributed by atoms with Crippen molar-refractivity contribution >= 4 is 75.8 Å². The summed E-state index contributed by atoms with van der Waals surface area (Å²) in [4.78, 5) is 0. The van der Waals surface area contributed by atoms with Gasteiger partial charge in [0.15, 0.2) is 0 Å². The first-order valence-electron chi connectivity index (χ1n) is 30.2. The maximum Gasteiger partial charge on any atom is 0.136 e. The summed E-state index contributed by atoms with van der Waals surface area (Å²) >= 11 is 0. The minimum absolute atomic E-state index is 0.410. The molecule has 10 aromatic carbocycles. The average molecular weight is 677 g/mol. The van der Waals surface area contributed by atoms with Crippen molar-refractivity contribution < 1.29 is 45.5 Å². The van der Waals surface area contributed by atoms with E-state index >= 15 is 0 Å². The lowest BCUT2D eigenvalue weighted by Gasteiger charge is -2.21. The van der Waals surface area contributed by atoms with Gasteiger partial charge in [-0.2, -0.15) is 0 Å². The summed E-state index contributed by atoms with van der Waals surface area (Å²) in [6.45, 7) is 0. The Bertz CT molecular complexity index is 4840. The highest BCUT2D eigenvalue weighted by atomic mass is 16.3. The predicted molar refractivity (Wildman–Crippen MR) is 218 cm³/mol. The van der Waals surface area contributed by atoms with Crippen molar-refractivity contribution in [3.63, 3.8) is 0 Å². The fourth-order valence-electron chi connectivity index (χ4n) is 6.45. The quantitative estimate of drug-likeness (QED) is 0.170. The average Bonchev–Trinajstić information content (AvgIpc) is 1.91. The summed E-state index contributed by atoms with van der Waals surface area (Å²) < 4.78 is 280. The third-order valence-corrected chi connectivity index (χ3v) is 8.57. The Morgan fingerprint density at radius 3 is 1.49 bits per heavy atom. The van der Waals surface area contributed by atoms with Crippen molar-refractivity contribution in [1.29, 1.82) is 0 Å². The maximum atomic E-state index is 10.1. The smallest absolute Gasteiger partial charge is 0.136 e. The fourth-order valence-corrected chi connectivity index (χ4v) is 6.45. The van der Waals surface area contributed by atoms with Crippen LogP contribution in [0.25, 0.3) is 109 Å². The van der Waals surface area contributed by atoms with E-state index in [1.165, 1.54) is 0 Å². The molecule has 0 amide bonds. The molecule has 1 heteroatoms. The molecule has 0 spiro atoms. The van der Waals surface area contributed by atoms with Gasteiger partial charge in [0.2, 0.25) is 0 Å². The van der Waals surface area contributed by atoms with E-state index in [2.05, 4.69) is 0 Å². The van der Waals surface area contributed by atoms with E-state index in [1.54, 1.807) is 0 Å². The van der Waals surface area contributed by atoms with Gasteiger partial charge in [0.05, 0.1) is 41.1 Å². The summed E-state index contributed by atoms with van der Waals surface area (Å²) in [5, 5.41) is -8.14. The monoisotopic (exact) mass is 676 g/mol. The largest absolute Gasteiger partial charge is 0.456 e. The van der Waals surface area contributed by atoms with E-state index in [1.807, 2.05) is 0 Å². The molecule has 1 nitrogen and oxygen atoms in total.